The molecule has 0 N–H and O–H groups in total. The molecule has 0 aliphatic carbocycles. The van der Waals surface area contributed by atoms with E-state index in [9.17, 15) is 9.59 Å². The fourth-order valence-corrected chi connectivity index (χ4v) is 3.52. The monoisotopic (exact) mass is 412 g/mol. The number of ether oxygens (including phenoxy) is 3. The lowest BCUT2D eigenvalue weighted by molar-refractivity contribution is -0.158. The number of nitrogens with zero attached hydrogens (tertiary/aromatic N) is 2. The zero-order chi connectivity index (χ0) is 21.5. The molecule has 7 heteroatoms. The van der Waals surface area contributed by atoms with Crippen LogP contribution in [0.1, 0.15) is 12.5 Å². The predicted molar refractivity (Wildman–Crippen MR) is 114 cm³/mol. The maximum atomic E-state index is 12.7. The summed E-state index contributed by atoms with van der Waals surface area (Å²) in [6, 6.07) is 15.4. The second kappa shape index (κ2) is 10.0. The highest BCUT2D eigenvalue weighted by atomic mass is 16.5. The van der Waals surface area contributed by atoms with Gasteiger partial charge < -0.3 is 24.0 Å². The van der Waals surface area contributed by atoms with Crippen molar-refractivity contribution >= 4 is 17.6 Å². The van der Waals surface area contributed by atoms with E-state index < -0.39 is 12.1 Å². The second-order valence-corrected chi connectivity index (χ2v) is 7.13. The maximum Gasteiger partial charge on any atom is 0.311 e. The van der Waals surface area contributed by atoms with Gasteiger partial charge in [-0.3, -0.25) is 9.59 Å². The van der Waals surface area contributed by atoms with Gasteiger partial charge in [0.25, 0.3) is 5.91 Å². The number of rotatable bonds is 7. The van der Waals surface area contributed by atoms with E-state index in [4.69, 9.17) is 14.2 Å². The Labute approximate surface area is 177 Å². The number of piperazine rings is 1. The standard InChI is InChI=1S/C23H28N2O5/c1-17(30-22(26)15-18-9-10-20(28-2)16-21(18)29-3)23(27)25-13-11-24(12-14-25)19-7-5-4-6-8-19/h4-10,16-17H,11-15H2,1-3H3/t17-/m1/s1. The molecule has 0 radical (unpaired) electrons. The molecule has 1 aliphatic heterocycles. The smallest absolute Gasteiger partial charge is 0.311 e. The molecule has 0 bridgehead atoms. The molecule has 1 atom stereocenters. The minimum absolute atomic E-state index is 0.0204. The Morgan fingerprint density at radius 1 is 0.967 bits per heavy atom. The molecule has 1 aliphatic rings. The Kier molecular flexibility index (Phi) is 7.17. The first-order valence-electron chi connectivity index (χ1n) is 10.0. The predicted octanol–water partition coefficient (Wildman–Crippen LogP) is 2.53. The molecule has 7 nitrogen and oxygen atoms in total. The number of esters is 1. The third-order valence-electron chi connectivity index (χ3n) is 5.20. The SMILES string of the molecule is COc1ccc(CC(=O)O[C@H](C)C(=O)N2CCN(c3ccccc3)CC2)c(OC)c1. The number of carbonyl (C=O) groups excluding carboxylic acids is 2. The van der Waals surface area contributed by atoms with Gasteiger partial charge in [0.2, 0.25) is 0 Å². The fourth-order valence-electron chi connectivity index (χ4n) is 3.52. The lowest BCUT2D eigenvalue weighted by Gasteiger charge is -2.37. The molecule has 1 fully saturated rings. The Balaban J connectivity index is 1.51. The van der Waals surface area contributed by atoms with E-state index in [0.717, 1.165) is 18.8 Å². The molecule has 0 spiro atoms. The van der Waals surface area contributed by atoms with Crippen molar-refractivity contribution in [2.75, 3.05) is 45.3 Å². The van der Waals surface area contributed by atoms with Crippen LogP contribution in [-0.2, 0) is 20.7 Å². The van der Waals surface area contributed by atoms with Gasteiger partial charge in [0.05, 0.1) is 20.6 Å². The Hall–Kier alpha value is -3.22. The van der Waals surface area contributed by atoms with Crippen molar-refractivity contribution in [3.8, 4) is 11.5 Å². The summed E-state index contributed by atoms with van der Waals surface area (Å²) in [5.74, 6) is 0.546. The van der Waals surface area contributed by atoms with Gasteiger partial charge >= 0.3 is 5.97 Å². The maximum absolute atomic E-state index is 12.7. The Bertz CT molecular complexity index is 863. The molecule has 0 aromatic heterocycles. The topological polar surface area (TPSA) is 68.3 Å². The summed E-state index contributed by atoms with van der Waals surface area (Å²) in [6.07, 6.45) is -0.808. The summed E-state index contributed by atoms with van der Waals surface area (Å²) >= 11 is 0. The molecular weight excluding hydrogens is 384 g/mol. The molecule has 1 saturated heterocycles. The van der Waals surface area contributed by atoms with Crippen molar-refractivity contribution in [1.82, 2.24) is 4.90 Å². The van der Waals surface area contributed by atoms with Crippen LogP contribution in [-0.4, -0.2) is 63.3 Å². The van der Waals surface area contributed by atoms with E-state index in [0.29, 0.717) is 30.2 Å². The van der Waals surface area contributed by atoms with Gasteiger partial charge in [-0.15, -0.1) is 0 Å². The van der Waals surface area contributed by atoms with Crippen molar-refractivity contribution in [2.45, 2.75) is 19.4 Å². The molecule has 2 aromatic carbocycles. The van der Waals surface area contributed by atoms with Crippen molar-refractivity contribution < 1.29 is 23.8 Å². The fraction of sp³-hybridized carbons (Fsp3) is 0.391. The first-order valence-corrected chi connectivity index (χ1v) is 10.0. The Morgan fingerprint density at radius 2 is 1.67 bits per heavy atom. The summed E-state index contributed by atoms with van der Waals surface area (Å²) < 4.78 is 15.9. The van der Waals surface area contributed by atoms with Crippen LogP contribution in [0.15, 0.2) is 48.5 Å². The minimum Gasteiger partial charge on any atom is -0.497 e. The number of hydrogen-bond donors (Lipinski definition) is 0. The van der Waals surface area contributed by atoms with Gasteiger partial charge in [-0.25, -0.2) is 0 Å². The third-order valence-corrected chi connectivity index (χ3v) is 5.20. The normalized spacial score (nSPS) is 14.8. The van der Waals surface area contributed by atoms with E-state index in [2.05, 4.69) is 17.0 Å². The highest BCUT2D eigenvalue weighted by Gasteiger charge is 2.27. The summed E-state index contributed by atoms with van der Waals surface area (Å²) in [5.41, 5.74) is 1.83. The van der Waals surface area contributed by atoms with Crippen LogP contribution in [0.4, 0.5) is 5.69 Å². The van der Waals surface area contributed by atoms with E-state index in [1.165, 1.54) is 7.11 Å². The first kappa shape index (κ1) is 21.5. The van der Waals surface area contributed by atoms with Crippen LogP contribution in [0, 0.1) is 0 Å². The van der Waals surface area contributed by atoms with Crippen molar-refractivity contribution in [3.63, 3.8) is 0 Å². The zero-order valence-corrected chi connectivity index (χ0v) is 17.7. The number of hydrogen-bond acceptors (Lipinski definition) is 6. The van der Waals surface area contributed by atoms with Crippen LogP contribution >= 0.6 is 0 Å². The molecule has 3 rings (SSSR count). The largest absolute Gasteiger partial charge is 0.497 e. The zero-order valence-electron chi connectivity index (χ0n) is 17.7. The third kappa shape index (κ3) is 5.23. The van der Waals surface area contributed by atoms with E-state index in [-0.39, 0.29) is 12.3 Å². The molecular formula is C23H28N2O5. The van der Waals surface area contributed by atoms with Crippen molar-refractivity contribution in [1.29, 1.82) is 0 Å². The molecule has 160 valence electrons. The summed E-state index contributed by atoms with van der Waals surface area (Å²) in [5, 5.41) is 0. The first-order chi connectivity index (χ1) is 14.5. The average molecular weight is 412 g/mol. The number of amides is 1. The van der Waals surface area contributed by atoms with Crippen LogP contribution in [0.5, 0.6) is 11.5 Å². The number of anilines is 1. The van der Waals surface area contributed by atoms with Crippen molar-refractivity contribution in [3.05, 3.63) is 54.1 Å². The van der Waals surface area contributed by atoms with Gasteiger partial charge in [0.15, 0.2) is 6.10 Å². The van der Waals surface area contributed by atoms with Gasteiger partial charge in [-0.1, -0.05) is 24.3 Å². The number of para-hydroxylation sites is 1. The van der Waals surface area contributed by atoms with E-state index >= 15 is 0 Å². The lowest BCUT2D eigenvalue weighted by atomic mass is 10.1. The Morgan fingerprint density at radius 3 is 2.30 bits per heavy atom. The number of carbonyl (C=O) groups is 2. The minimum atomic E-state index is -0.829. The summed E-state index contributed by atoms with van der Waals surface area (Å²) in [7, 11) is 3.10. The quantitative estimate of drug-likeness (QED) is 0.651. The van der Waals surface area contributed by atoms with Gasteiger partial charge in [0.1, 0.15) is 11.5 Å². The molecule has 30 heavy (non-hydrogen) atoms. The highest BCUT2D eigenvalue weighted by Crippen LogP contribution is 2.25. The number of methoxy groups -OCH3 is 2. The average Bonchev–Trinajstić information content (AvgIpc) is 2.79. The van der Waals surface area contributed by atoms with Crippen molar-refractivity contribution in [2.24, 2.45) is 0 Å². The molecule has 2 aromatic rings. The van der Waals surface area contributed by atoms with E-state index in [1.54, 1.807) is 37.1 Å². The van der Waals surface area contributed by atoms with Crippen LogP contribution in [0.25, 0.3) is 0 Å². The number of benzene rings is 2. The van der Waals surface area contributed by atoms with E-state index in [1.807, 2.05) is 18.2 Å². The van der Waals surface area contributed by atoms with Crippen LogP contribution in [0.2, 0.25) is 0 Å². The molecule has 0 unspecified atom stereocenters. The van der Waals surface area contributed by atoms with Gasteiger partial charge in [-0.2, -0.15) is 0 Å². The van der Waals surface area contributed by atoms with Gasteiger partial charge in [-0.05, 0) is 25.1 Å². The summed E-state index contributed by atoms with van der Waals surface area (Å²) in [6.45, 7) is 4.32. The second-order valence-electron chi connectivity index (χ2n) is 7.13. The van der Waals surface area contributed by atoms with Crippen LogP contribution in [0.3, 0.4) is 0 Å². The highest BCUT2D eigenvalue weighted by molar-refractivity contribution is 5.84. The molecule has 0 saturated carbocycles. The molecule has 1 heterocycles. The lowest BCUT2D eigenvalue weighted by Crippen LogP contribution is -2.51. The van der Waals surface area contributed by atoms with Crippen LogP contribution < -0.4 is 14.4 Å². The van der Waals surface area contributed by atoms with Gasteiger partial charge in [0, 0.05) is 43.5 Å². The molecule has 1 amide bonds. The summed E-state index contributed by atoms with van der Waals surface area (Å²) in [4.78, 5) is 29.1.